The Labute approximate surface area is 164 Å². The van der Waals surface area contributed by atoms with Gasteiger partial charge in [0, 0.05) is 26.6 Å². The lowest BCUT2D eigenvalue weighted by Crippen LogP contribution is -2.15. The van der Waals surface area contributed by atoms with E-state index < -0.39 is 0 Å². The monoisotopic (exact) mass is 457 g/mol. The maximum Gasteiger partial charge on any atom is 0.165 e. The standard InChI is InChI=1S/C21H17Br2NO/c22-17-10-6-15(7-11-17)20(24-19-4-2-1-3-5-19)14-21(25)16-8-12-18(23)13-9-16/h1-13,20,24H,14H2/t20-/m0/s1. The van der Waals surface area contributed by atoms with E-state index in [9.17, 15) is 4.79 Å². The van der Waals surface area contributed by atoms with Crippen molar-refractivity contribution in [1.29, 1.82) is 0 Å². The van der Waals surface area contributed by atoms with Gasteiger partial charge in [-0.1, -0.05) is 74.3 Å². The van der Waals surface area contributed by atoms with E-state index in [4.69, 9.17) is 0 Å². The molecule has 0 unspecified atom stereocenters. The lowest BCUT2D eigenvalue weighted by molar-refractivity contribution is 0.0976. The van der Waals surface area contributed by atoms with Crippen LogP contribution in [0.4, 0.5) is 5.69 Å². The zero-order chi connectivity index (χ0) is 17.6. The van der Waals surface area contributed by atoms with Crippen LogP contribution in [-0.2, 0) is 0 Å². The van der Waals surface area contributed by atoms with Gasteiger partial charge >= 0.3 is 0 Å². The van der Waals surface area contributed by atoms with E-state index in [1.807, 2.05) is 78.9 Å². The molecule has 3 aromatic rings. The number of hydrogen-bond donors (Lipinski definition) is 1. The maximum absolute atomic E-state index is 12.7. The van der Waals surface area contributed by atoms with E-state index in [-0.39, 0.29) is 11.8 Å². The van der Waals surface area contributed by atoms with Crippen LogP contribution in [0.15, 0.2) is 87.8 Å². The summed E-state index contributed by atoms with van der Waals surface area (Å²) >= 11 is 6.87. The third-order valence-corrected chi connectivity index (χ3v) is 5.00. The van der Waals surface area contributed by atoms with Crippen molar-refractivity contribution in [2.45, 2.75) is 12.5 Å². The molecule has 0 aliphatic rings. The van der Waals surface area contributed by atoms with Crippen LogP contribution in [0.5, 0.6) is 0 Å². The third-order valence-electron chi connectivity index (χ3n) is 3.94. The molecule has 0 saturated carbocycles. The molecule has 4 heteroatoms. The van der Waals surface area contributed by atoms with Crippen LogP contribution in [0, 0.1) is 0 Å². The van der Waals surface area contributed by atoms with Gasteiger partial charge < -0.3 is 5.32 Å². The van der Waals surface area contributed by atoms with Crippen LogP contribution < -0.4 is 5.32 Å². The van der Waals surface area contributed by atoms with Crippen molar-refractivity contribution < 1.29 is 4.79 Å². The number of para-hydroxylation sites is 1. The second kappa shape index (κ2) is 8.45. The fourth-order valence-electron chi connectivity index (χ4n) is 2.62. The van der Waals surface area contributed by atoms with Crippen LogP contribution >= 0.6 is 31.9 Å². The molecule has 0 bridgehead atoms. The van der Waals surface area contributed by atoms with Crippen molar-refractivity contribution in [3.63, 3.8) is 0 Å². The number of benzene rings is 3. The summed E-state index contributed by atoms with van der Waals surface area (Å²) in [4.78, 5) is 12.7. The normalized spacial score (nSPS) is 11.8. The molecule has 0 radical (unpaired) electrons. The molecule has 1 N–H and O–H groups in total. The highest BCUT2D eigenvalue weighted by Crippen LogP contribution is 2.26. The van der Waals surface area contributed by atoms with Gasteiger partial charge in [0.1, 0.15) is 0 Å². The van der Waals surface area contributed by atoms with Crippen LogP contribution in [0.3, 0.4) is 0 Å². The van der Waals surface area contributed by atoms with Crippen molar-refractivity contribution in [3.05, 3.63) is 98.9 Å². The summed E-state index contributed by atoms with van der Waals surface area (Å²) in [6, 6.07) is 25.5. The van der Waals surface area contributed by atoms with Crippen molar-refractivity contribution in [2.24, 2.45) is 0 Å². The summed E-state index contributed by atoms with van der Waals surface area (Å²) in [7, 11) is 0. The van der Waals surface area contributed by atoms with Gasteiger partial charge in [-0.15, -0.1) is 0 Å². The number of Topliss-reactive ketones (excluding diaryl/α,β-unsaturated/α-hetero) is 1. The van der Waals surface area contributed by atoms with Crippen molar-refractivity contribution in [3.8, 4) is 0 Å². The van der Waals surface area contributed by atoms with Gasteiger partial charge in [-0.3, -0.25) is 4.79 Å². The molecule has 0 heterocycles. The largest absolute Gasteiger partial charge is 0.378 e. The summed E-state index contributed by atoms with van der Waals surface area (Å²) in [5, 5.41) is 3.48. The lowest BCUT2D eigenvalue weighted by atomic mass is 9.97. The highest BCUT2D eigenvalue weighted by molar-refractivity contribution is 9.10. The SMILES string of the molecule is O=C(C[C@H](Nc1ccccc1)c1ccc(Br)cc1)c1ccc(Br)cc1. The number of carbonyl (C=O) groups is 1. The van der Waals surface area contributed by atoms with Crippen LogP contribution in [-0.4, -0.2) is 5.78 Å². The van der Waals surface area contributed by atoms with E-state index in [1.54, 1.807) is 0 Å². The van der Waals surface area contributed by atoms with Crippen molar-refractivity contribution >= 4 is 43.3 Å². The smallest absolute Gasteiger partial charge is 0.165 e. The van der Waals surface area contributed by atoms with E-state index in [2.05, 4.69) is 37.2 Å². The molecule has 0 spiro atoms. The third kappa shape index (κ3) is 5.03. The fourth-order valence-corrected chi connectivity index (χ4v) is 3.15. The summed E-state index contributed by atoms with van der Waals surface area (Å²) in [5.74, 6) is 0.115. The molecular weight excluding hydrogens is 442 g/mol. The first-order valence-electron chi connectivity index (χ1n) is 7.97. The predicted molar refractivity (Wildman–Crippen MR) is 110 cm³/mol. The number of carbonyl (C=O) groups excluding carboxylic acids is 1. The fraction of sp³-hybridized carbons (Fsp3) is 0.0952. The van der Waals surface area contributed by atoms with E-state index in [0.29, 0.717) is 6.42 Å². The van der Waals surface area contributed by atoms with Crippen LogP contribution in [0.25, 0.3) is 0 Å². The molecule has 126 valence electrons. The summed E-state index contributed by atoms with van der Waals surface area (Å²) in [6.07, 6.45) is 0.387. The second-order valence-electron chi connectivity index (χ2n) is 5.75. The van der Waals surface area contributed by atoms with Gasteiger partial charge in [-0.05, 0) is 42.0 Å². The highest BCUT2D eigenvalue weighted by Gasteiger charge is 2.17. The lowest BCUT2D eigenvalue weighted by Gasteiger charge is -2.20. The van der Waals surface area contributed by atoms with Gasteiger partial charge in [0.2, 0.25) is 0 Å². The number of ketones is 1. The van der Waals surface area contributed by atoms with Crippen LogP contribution in [0.2, 0.25) is 0 Å². The minimum atomic E-state index is -0.0911. The molecule has 0 aromatic heterocycles. The van der Waals surface area contributed by atoms with E-state index in [0.717, 1.165) is 25.8 Å². The van der Waals surface area contributed by atoms with Crippen molar-refractivity contribution in [2.75, 3.05) is 5.32 Å². The summed E-state index contributed by atoms with van der Waals surface area (Å²) in [5.41, 5.74) is 2.80. The number of halogens is 2. The number of hydrogen-bond acceptors (Lipinski definition) is 2. The Bertz CT molecular complexity index is 830. The predicted octanol–water partition coefficient (Wildman–Crippen LogP) is 6.64. The summed E-state index contributed by atoms with van der Waals surface area (Å²) < 4.78 is 1.99. The Morgan fingerprint density at radius 2 is 1.36 bits per heavy atom. The summed E-state index contributed by atoms with van der Waals surface area (Å²) in [6.45, 7) is 0. The molecule has 0 fully saturated rings. The molecule has 2 nitrogen and oxygen atoms in total. The topological polar surface area (TPSA) is 29.1 Å². The molecule has 0 amide bonds. The van der Waals surface area contributed by atoms with Gasteiger partial charge in [-0.25, -0.2) is 0 Å². The molecule has 25 heavy (non-hydrogen) atoms. The van der Waals surface area contributed by atoms with Crippen molar-refractivity contribution in [1.82, 2.24) is 0 Å². The molecule has 0 saturated heterocycles. The van der Waals surface area contributed by atoms with Crippen LogP contribution in [0.1, 0.15) is 28.4 Å². The Balaban J connectivity index is 1.83. The molecule has 0 aliphatic carbocycles. The van der Waals surface area contributed by atoms with E-state index >= 15 is 0 Å². The molecule has 3 rings (SSSR count). The van der Waals surface area contributed by atoms with Gasteiger partial charge in [0.15, 0.2) is 5.78 Å². The molecule has 1 atom stereocenters. The quantitative estimate of drug-likeness (QED) is 0.419. The van der Waals surface area contributed by atoms with Gasteiger partial charge in [-0.2, -0.15) is 0 Å². The molecule has 0 aliphatic heterocycles. The average Bonchev–Trinajstić information content (AvgIpc) is 2.63. The Kier molecular flexibility index (Phi) is 6.05. The molecular formula is C21H17Br2NO. The second-order valence-corrected chi connectivity index (χ2v) is 7.58. The Hall–Kier alpha value is -1.91. The zero-order valence-corrected chi connectivity index (χ0v) is 16.6. The number of anilines is 1. The molecule has 3 aromatic carbocycles. The average molecular weight is 459 g/mol. The van der Waals surface area contributed by atoms with Gasteiger partial charge in [0.25, 0.3) is 0 Å². The Morgan fingerprint density at radius 3 is 1.96 bits per heavy atom. The number of nitrogens with one attached hydrogen (secondary N) is 1. The zero-order valence-electron chi connectivity index (χ0n) is 13.5. The van der Waals surface area contributed by atoms with Gasteiger partial charge in [0.05, 0.1) is 6.04 Å². The minimum Gasteiger partial charge on any atom is -0.378 e. The Morgan fingerprint density at radius 1 is 0.800 bits per heavy atom. The first-order chi connectivity index (χ1) is 12.1. The first kappa shape index (κ1) is 17.9. The minimum absolute atomic E-state index is 0.0911. The number of rotatable bonds is 6. The van der Waals surface area contributed by atoms with E-state index in [1.165, 1.54) is 0 Å². The first-order valence-corrected chi connectivity index (χ1v) is 9.56. The maximum atomic E-state index is 12.7. The highest BCUT2D eigenvalue weighted by atomic mass is 79.9.